The molecule has 0 aliphatic carbocycles. The van der Waals surface area contributed by atoms with E-state index in [1.165, 1.54) is 0 Å². The number of amides is 1. The molecule has 2 heterocycles. The number of likely N-dealkylation sites (N-methyl/N-ethyl adjacent to an activating group) is 1. The Morgan fingerprint density at radius 1 is 1.56 bits per heavy atom. The van der Waals surface area contributed by atoms with Crippen molar-refractivity contribution in [2.75, 3.05) is 24.6 Å². The van der Waals surface area contributed by atoms with Crippen LogP contribution in [0.3, 0.4) is 0 Å². The molecule has 0 radical (unpaired) electrons. The van der Waals surface area contributed by atoms with Gasteiger partial charge in [-0.1, -0.05) is 6.92 Å². The SMILES string of the molecule is CCCc1nc(N)cc(NC2CCN(C)C2=O)n1. The number of anilines is 2. The summed E-state index contributed by atoms with van der Waals surface area (Å²) < 4.78 is 0. The van der Waals surface area contributed by atoms with Crippen LogP contribution in [0.5, 0.6) is 0 Å². The van der Waals surface area contributed by atoms with Crippen molar-refractivity contribution in [3.05, 3.63) is 11.9 Å². The zero-order valence-corrected chi connectivity index (χ0v) is 10.8. The van der Waals surface area contributed by atoms with E-state index in [4.69, 9.17) is 5.73 Å². The van der Waals surface area contributed by atoms with Crippen LogP contribution in [-0.4, -0.2) is 40.4 Å². The number of likely N-dealkylation sites (tertiary alicyclic amines) is 1. The Hall–Kier alpha value is -1.85. The zero-order valence-electron chi connectivity index (χ0n) is 10.8. The number of aryl methyl sites for hydroxylation is 1. The van der Waals surface area contributed by atoms with Crippen molar-refractivity contribution in [2.24, 2.45) is 0 Å². The molecule has 0 spiro atoms. The Morgan fingerprint density at radius 2 is 2.33 bits per heavy atom. The van der Waals surface area contributed by atoms with Crippen molar-refractivity contribution in [3.63, 3.8) is 0 Å². The highest BCUT2D eigenvalue weighted by Crippen LogP contribution is 2.16. The normalized spacial score (nSPS) is 19.3. The van der Waals surface area contributed by atoms with Crippen molar-refractivity contribution >= 4 is 17.5 Å². The first-order chi connectivity index (χ1) is 8.60. The highest BCUT2D eigenvalue weighted by molar-refractivity contribution is 5.86. The second kappa shape index (κ2) is 5.20. The van der Waals surface area contributed by atoms with E-state index in [1.807, 2.05) is 0 Å². The van der Waals surface area contributed by atoms with Crippen LogP contribution >= 0.6 is 0 Å². The lowest BCUT2D eigenvalue weighted by atomic mass is 10.2. The van der Waals surface area contributed by atoms with Crippen LogP contribution in [0.25, 0.3) is 0 Å². The van der Waals surface area contributed by atoms with Crippen molar-refractivity contribution in [1.29, 1.82) is 0 Å². The van der Waals surface area contributed by atoms with Crippen LogP contribution in [0.15, 0.2) is 6.07 Å². The molecule has 0 saturated carbocycles. The van der Waals surface area contributed by atoms with E-state index in [0.717, 1.165) is 31.6 Å². The van der Waals surface area contributed by atoms with Gasteiger partial charge in [-0.25, -0.2) is 9.97 Å². The summed E-state index contributed by atoms with van der Waals surface area (Å²) in [5.41, 5.74) is 5.74. The molecule has 1 unspecified atom stereocenters. The molecule has 3 N–H and O–H groups in total. The van der Waals surface area contributed by atoms with Gasteiger partial charge in [0.25, 0.3) is 0 Å². The number of nitrogens with zero attached hydrogens (tertiary/aromatic N) is 3. The van der Waals surface area contributed by atoms with Gasteiger partial charge in [-0.15, -0.1) is 0 Å². The number of nitrogen functional groups attached to an aromatic ring is 1. The molecule has 1 aromatic heterocycles. The Balaban J connectivity index is 2.11. The largest absolute Gasteiger partial charge is 0.384 e. The molecule has 98 valence electrons. The minimum atomic E-state index is -0.196. The van der Waals surface area contributed by atoms with Crippen LogP contribution < -0.4 is 11.1 Å². The monoisotopic (exact) mass is 249 g/mol. The molecule has 0 aromatic carbocycles. The summed E-state index contributed by atoms with van der Waals surface area (Å²) in [7, 11) is 1.81. The third-order valence-corrected chi connectivity index (χ3v) is 3.02. The molecule has 1 aliphatic heterocycles. The third-order valence-electron chi connectivity index (χ3n) is 3.02. The summed E-state index contributed by atoms with van der Waals surface area (Å²) in [6, 6.07) is 1.48. The third kappa shape index (κ3) is 2.69. The van der Waals surface area contributed by atoms with Crippen LogP contribution in [-0.2, 0) is 11.2 Å². The molecular weight excluding hydrogens is 230 g/mol. The second-order valence-electron chi connectivity index (χ2n) is 4.59. The highest BCUT2D eigenvalue weighted by atomic mass is 16.2. The smallest absolute Gasteiger partial charge is 0.244 e. The molecule has 1 saturated heterocycles. The van der Waals surface area contributed by atoms with Gasteiger partial charge < -0.3 is 16.0 Å². The Morgan fingerprint density at radius 3 is 2.94 bits per heavy atom. The van der Waals surface area contributed by atoms with Gasteiger partial charge in [-0.3, -0.25) is 4.79 Å². The van der Waals surface area contributed by atoms with Crippen LogP contribution in [0.1, 0.15) is 25.6 Å². The Labute approximate surface area is 107 Å². The lowest BCUT2D eigenvalue weighted by molar-refractivity contribution is -0.127. The summed E-state index contributed by atoms with van der Waals surface area (Å²) in [6.07, 6.45) is 2.55. The standard InChI is InChI=1S/C12H19N5O/c1-3-4-10-15-9(13)7-11(16-10)14-8-5-6-17(2)12(8)18/h7-8H,3-6H2,1-2H3,(H3,13,14,15,16). The van der Waals surface area contributed by atoms with E-state index >= 15 is 0 Å². The van der Waals surface area contributed by atoms with Gasteiger partial charge in [-0.05, 0) is 12.8 Å². The number of carbonyl (C=O) groups excluding carboxylic acids is 1. The van der Waals surface area contributed by atoms with Crippen molar-refractivity contribution < 1.29 is 4.79 Å². The first kappa shape index (κ1) is 12.6. The van der Waals surface area contributed by atoms with Gasteiger partial charge in [0, 0.05) is 26.1 Å². The van der Waals surface area contributed by atoms with Gasteiger partial charge in [0.15, 0.2) is 0 Å². The number of nitrogens with one attached hydrogen (secondary N) is 1. The van der Waals surface area contributed by atoms with Crippen LogP contribution in [0.2, 0.25) is 0 Å². The topological polar surface area (TPSA) is 84.1 Å². The molecule has 6 heteroatoms. The van der Waals surface area contributed by atoms with Gasteiger partial charge in [0.05, 0.1) is 0 Å². The molecule has 1 aromatic rings. The summed E-state index contributed by atoms with van der Waals surface area (Å²) in [5.74, 6) is 1.90. The summed E-state index contributed by atoms with van der Waals surface area (Å²) in [5, 5.41) is 3.14. The average Bonchev–Trinajstić information content (AvgIpc) is 2.61. The summed E-state index contributed by atoms with van der Waals surface area (Å²) in [4.78, 5) is 22.0. The molecule has 0 bridgehead atoms. The fourth-order valence-corrected chi connectivity index (χ4v) is 2.06. The lowest BCUT2D eigenvalue weighted by Gasteiger charge is -2.13. The first-order valence-electron chi connectivity index (χ1n) is 6.25. The maximum absolute atomic E-state index is 11.8. The van der Waals surface area contributed by atoms with E-state index in [0.29, 0.717) is 11.6 Å². The van der Waals surface area contributed by atoms with Crippen molar-refractivity contribution in [2.45, 2.75) is 32.2 Å². The van der Waals surface area contributed by atoms with E-state index in [1.54, 1.807) is 18.0 Å². The number of rotatable bonds is 4. The number of hydrogen-bond donors (Lipinski definition) is 2. The van der Waals surface area contributed by atoms with Gasteiger partial charge in [0.2, 0.25) is 5.91 Å². The quantitative estimate of drug-likeness (QED) is 0.818. The Bertz CT molecular complexity index is 448. The van der Waals surface area contributed by atoms with Gasteiger partial charge in [0.1, 0.15) is 23.5 Å². The number of aromatic nitrogens is 2. The Kier molecular flexibility index (Phi) is 3.64. The fourth-order valence-electron chi connectivity index (χ4n) is 2.06. The molecule has 6 nitrogen and oxygen atoms in total. The minimum Gasteiger partial charge on any atom is -0.384 e. The van der Waals surface area contributed by atoms with Crippen LogP contribution in [0.4, 0.5) is 11.6 Å². The number of nitrogens with two attached hydrogens (primary N) is 1. The predicted octanol–water partition coefficient (Wildman–Crippen LogP) is 0.654. The predicted molar refractivity (Wildman–Crippen MR) is 70.1 cm³/mol. The summed E-state index contributed by atoms with van der Waals surface area (Å²) >= 11 is 0. The molecule has 1 atom stereocenters. The van der Waals surface area contributed by atoms with Crippen molar-refractivity contribution in [1.82, 2.24) is 14.9 Å². The van der Waals surface area contributed by atoms with Gasteiger partial charge in [-0.2, -0.15) is 0 Å². The summed E-state index contributed by atoms with van der Waals surface area (Å²) in [6.45, 7) is 2.84. The molecule has 1 amide bonds. The minimum absolute atomic E-state index is 0.101. The average molecular weight is 249 g/mol. The fraction of sp³-hybridized carbons (Fsp3) is 0.583. The van der Waals surface area contributed by atoms with E-state index in [9.17, 15) is 4.79 Å². The highest BCUT2D eigenvalue weighted by Gasteiger charge is 2.29. The van der Waals surface area contributed by atoms with E-state index < -0.39 is 0 Å². The first-order valence-corrected chi connectivity index (χ1v) is 6.25. The van der Waals surface area contributed by atoms with Crippen molar-refractivity contribution in [3.8, 4) is 0 Å². The molecule has 2 rings (SSSR count). The van der Waals surface area contributed by atoms with E-state index in [-0.39, 0.29) is 11.9 Å². The number of carbonyl (C=O) groups is 1. The number of hydrogen-bond acceptors (Lipinski definition) is 5. The molecular formula is C12H19N5O. The maximum atomic E-state index is 11.8. The zero-order chi connectivity index (χ0) is 13.1. The lowest BCUT2D eigenvalue weighted by Crippen LogP contribution is -2.31. The molecule has 1 aliphatic rings. The van der Waals surface area contributed by atoms with E-state index in [2.05, 4.69) is 22.2 Å². The van der Waals surface area contributed by atoms with Gasteiger partial charge >= 0.3 is 0 Å². The molecule has 18 heavy (non-hydrogen) atoms. The molecule has 1 fully saturated rings. The maximum Gasteiger partial charge on any atom is 0.244 e. The second-order valence-corrected chi connectivity index (χ2v) is 4.59. The van der Waals surface area contributed by atoms with Crippen LogP contribution in [0, 0.1) is 0 Å².